The first-order valence-corrected chi connectivity index (χ1v) is 8.71. The van der Waals surface area contributed by atoms with E-state index in [0.717, 1.165) is 13.0 Å². The number of nitrogens with one attached hydrogen (secondary N) is 1. The van der Waals surface area contributed by atoms with Crippen molar-refractivity contribution >= 4 is 9.84 Å². The van der Waals surface area contributed by atoms with Gasteiger partial charge in [-0.3, -0.25) is 0 Å². The lowest BCUT2D eigenvalue weighted by Crippen LogP contribution is -2.55. The van der Waals surface area contributed by atoms with Crippen molar-refractivity contribution in [1.82, 2.24) is 5.32 Å². The molecule has 5 heteroatoms. The molecule has 1 aliphatic carbocycles. The quantitative estimate of drug-likeness (QED) is 0.732. The molecular weight excluding hydrogens is 248 g/mol. The molecule has 18 heavy (non-hydrogen) atoms. The summed E-state index contributed by atoms with van der Waals surface area (Å²) in [5.41, 5.74) is 7.24. The topological polar surface area (TPSA) is 72.2 Å². The van der Waals surface area contributed by atoms with Crippen molar-refractivity contribution in [3.8, 4) is 0 Å². The highest BCUT2D eigenvalue weighted by atomic mass is 32.2. The fraction of sp³-hybridized carbons (Fsp3) is 0.846. The maximum Gasteiger partial charge on any atom is 0.150 e. The Morgan fingerprint density at radius 2 is 2.06 bits per heavy atom. The molecule has 1 saturated heterocycles. The van der Waals surface area contributed by atoms with Crippen molar-refractivity contribution in [3.05, 3.63) is 11.6 Å². The van der Waals surface area contributed by atoms with E-state index < -0.39 is 9.84 Å². The van der Waals surface area contributed by atoms with E-state index in [4.69, 9.17) is 5.73 Å². The average Bonchev–Trinajstić information content (AvgIpc) is 2.85. The van der Waals surface area contributed by atoms with Gasteiger partial charge < -0.3 is 11.1 Å². The molecule has 0 aromatic rings. The van der Waals surface area contributed by atoms with E-state index in [1.54, 1.807) is 0 Å². The van der Waals surface area contributed by atoms with Crippen molar-refractivity contribution in [2.75, 3.05) is 24.6 Å². The van der Waals surface area contributed by atoms with Crippen LogP contribution in [0.2, 0.25) is 0 Å². The molecule has 1 heterocycles. The number of rotatable bonds is 5. The van der Waals surface area contributed by atoms with Crippen LogP contribution >= 0.6 is 0 Å². The van der Waals surface area contributed by atoms with Gasteiger partial charge >= 0.3 is 0 Å². The van der Waals surface area contributed by atoms with Gasteiger partial charge in [0.25, 0.3) is 0 Å². The number of nitrogens with two attached hydrogens (primary N) is 1. The van der Waals surface area contributed by atoms with Gasteiger partial charge in [0, 0.05) is 12.1 Å². The highest BCUT2D eigenvalue weighted by molar-refractivity contribution is 7.91. The normalized spacial score (nSPS) is 25.9. The van der Waals surface area contributed by atoms with Crippen LogP contribution in [-0.4, -0.2) is 38.6 Å². The van der Waals surface area contributed by atoms with Crippen LogP contribution in [-0.2, 0) is 9.84 Å². The first kappa shape index (κ1) is 14.0. The molecule has 2 aliphatic rings. The fourth-order valence-corrected chi connectivity index (χ4v) is 4.44. The fourth-order valence-electron chi connectivity index (χ4n) is 2.83. The second kappa shape index (κ2) is 5.72. The summed E-state index contributed by atoms with van der Waals surface area (Å²) in [5, 5.41) is 3.52. The van der Waals surface area contributed by atoms with Gasteiger partial charge in [0.1, 0.15) is 9.84 Å². The number of allylic oxidation sites excluding steroid dienone is 1. The van der Waals surface area contributed by atoms with Gasteiger partial charge in [-0.1, -0.05) is 11.6 Å². The molecule has 1 fully saturated rings. The van der Waals surface area contributed by atoms with Crippen molar-refractivity contribution in [2.45, 2.75) is 44.1 Å². The summed E-state index contributed by atoms with van der Waals surface area (Å²) >= 11 is 0. The SMILES string of the molecule is NCC1(NCCC2=CCCC2)CCS(=O)(=O)CC1. The third-order valence-electron chi connectivity index (χ3n) is 4.26. The first-order valence-electron chi connectivity index (χ1n) is 6.89. The summed E-state index contributed by atoms with van der Waals surface area (Å²) in [6, 6.07) is 0. The molecule has 1 aliphatic heterocycles. The first-order chi connectivity index (χ1) is 8.55. The highest BCUT2D eigenvalue weighted by Gasteiger charge is 2.35. The maximum atomic E-state index is 11.5. The molecule has 0 radical (unpaired) electrons. The van der Waals surface area contributed by atoms with E-state index in [-0.39, 0.29) is 17.0 Å². The molecular formula is C13H24N2O2S. The Hall–Kier alpha value is -0.390. The van der Waals surface area contributed by atoms with Crippen molar-refractivity contribution in [2.24, 2.45) is 5.73 Å². The van der Waals surface area contributed by atoms with E-state index in [1.165, 1.54) is 24.8 Å². The van der Waals surface area contributed by atoms with Crippen molar-refractivity contribution < 1.29 is 8.42 Å². The van der Waals surface area contributed by atoms with Crippen LogP contribution in [0.4, 0.5) is 0 Å². The Labute approximate surface area is 110 Å². The molecule has 0 aromatic carbocycles. The molecule has 4 nitrogen and oxygen atoms in total. The van der Waals surface area contributed by atoms with Gasteiger partial charge in [-0.05, 0) is 45.1 Å². The van der Waals surface area contributed by atoms with Crippen molar-refractivity contribution in [1.29, 1.82) is 0 Å². The number of sulfone groups is 1. The van der Waals surface area contributed by atoms with E-state index >= 15 is 0 Å². The largest absolute Gasteiger partial charge is 0.329 e. The minimum absolute atomic E-state index is 0.148. The van der Waals surface area contributed by atoms with Crippen LogP contribution < -0.4 is 11.1 Å². The lowest BCUT2D eigenvalue weighted by molar-refractivity contribution is 0.304. The molecule has 0 unspecified atom stereocenters. The second-order valence-corrected chi connectivity index (χ2v) is 7.87. The van der Waals surface area contributed by atoms with Crippen LogP contribution in [0.1, 0.15) is 38.5 Å². The van der Waals surface area contributed by atoms with Gasteiger partial charge in [-0.15, -0.1) is 0 Å². The maximum absolute atomic E-state index is 11.5. The molecule has 0 amide bonds. The summed E-state index contributed by atoms with van der Waals surface area (Å²) < 4.78 is 22.9. The predicted octanol–water partition coefficient (Wildman–Crippen LogP) is 0.982. The predicted molar refractivity (Wildman–Crippen MR) is 74.2 cm³/mol. The molecule has 0 aromatic heterocycles. The van der Waals surface area contributed by atoms with Gasteiger partial charge in [-0.2, -0.15) is 0 Å². The minimum atomic E-state index is -2.81. The zero-order valence-electron chi connectivity index (χ0n) is 11.0. The standard InChI is InChI=1S/C13H24N2O2S/c14-11-13(6-9-18(16,17)10-7-13)15-8-5-12-3-1-2-4-12/h3,15H,1-2,4-11,14H2. The Balaban J connectivity index is 1.81. The van der Waals surface area contributed by atoms with E-state index in [2.05, 4.69) is 11.4 Å². The number of hydrogen-bond acceptors (Lipinski definition) is 4. The Kier molecular flexibility index (Phi) is 4.45. The van der Waals surface area contributed by atoms with Gasteiger partial charge in [0.15, 0.2) is 0 Å². The third-order valence-corrected chi connectivity index (χ3v) is 5.91. The van der Waals surface area contributed by atoms with Crippen LogP contribution in [0.3, 0.4) is 0 Å². The summed E-state index contributed by atoms with van der Waals surface area (Å²) in [4.78, 5) is 0. The van der Waals surface area contributed by atoms with Crippen molar-refractivity contribution in [3.63, 3.8) is 0 Å². The molecule has 0 spiro atoms. The second-order valence-electron chi connectivity index (χ2n) is 5.57. The van der Waals surface area contributed by atoms with Crippen LogP contribution in [0, 0.1) is 0 Å². The zero-order valence-corrected chi connectivity index (χ0v) is 11.8. The van der Waals surface area contributed by atoms with Crippen LogP contribution in [0.25, 0.3) is 0 Å². The van der Waals surface area contributed by atoms with Gasteiger partial charge in [-0.25, -0.2) is 8.42 Å². The van der Waals surface area contributed by atoms with Gasteiger partial charge in [0.05, 0.1) is 11.5 Å². The molecule has 104 valence electrons. The van der Waals surface area contributed by atoms with Crippen LogP contribution in [0.15, 0.2) is 11.6 Å². The van der Waals surface area contributed by atoms with E-state index in [9.17, 15) is 8.42 Å². The van der Waals surface area contributed by atoms with E-state index in [1.807, 2.05) is 0 Å². The lowest BCUT2D eigenvalue weighted by atomic mass is 9.92. The smallest absolute Gasteiger partial charge is 0.150 e. The summed E-state index contributed by atoms with van der Waals surface area (Å²) in [6.45, 7) is 1.45. The molecule has 3 N–H and O–H groups in total. The lowest BCUT2D eigenvalue weighted by Gasteiger charge is -2.37. The summed E-state index contributed by atoms with van der Waals surface area (Å²) in [5.74, 6) is 0.555. The van der Waals surface area contributed by atoms with E-state index in [0.29, 0.717) is 19.4 Å². The Morgan fingerprint density at radius 3 is 2.61 bits per heavy atom. The number of hydrogen-bond donors (Lipinski definition) is 2. The van der Waals surface area contributed by atoms with Crippen LogP contribution in [0.5, 0.6) is 0 Å². The zero-order chi connectivity index (χ0) is 13.1. The van der Waals surface area contributed by atoms with Gasteiger partial charge in [0.2, 0.25) is 0 Å². The molecule has 0 bridgehead atoms. The summed E-state index contributed by atoms with van der Waals surface area (Å²) in [6.07, 6.45) is 8.46. The molecule has 2 rings (SSSR count). The Bertz CT molecular complexity index is 401. The third kappa shape index (κ3) is 3.56. The minimum Gasteiger partial charge on any atom is -0.329 e. The molecule has 0 atom stereocenters. The monoisotopic (exact) mass is 272 g/mol. The molecule has 0 saturated carbocycles. The summed E-state index contributed by atoms with van der Waals surface area (Å²) in [7, 11) is -2.81. The average molecular weight is 272 g/mol. The highest BCUT2D eigenvalue weighted by Crippen LogP contribution is 2.24. The Morgan fingerprint density at radius 1 is 1.33 bits per heavy atom.